The maximum atomic E-state index is 13.4. The minimum absolute atomic E-state index is 0.108. The molecule has 1 saturated heterocycles. The van der Waals surface area contributed by atoms with E-state index in [9.17, 15) is 9.50 Å². The van der Waals surface area contributed by atoms with Crippen LogP contribution in [0.1, 0.15) is 24.8 Å². The van der Waals surface area contributed by atoms with E-state index in [-0.39, 0.29) is 23.9 Å². The van der Waals surface area contributed by atoms with Gasteiger partial charge in [-0.05, 0) is 55.4 Å². The fourth-order valence-electron chi connectivity index (χ4n) is 3.22. The first-order valence-electron chi connectivity index (χ1n) is 6.81. The minimum atomic E-state index is -0.239. The SMILES string of the molecule is OCC1(Cc2cc(F)ccc2Br)CCOC1C1CC1. The van der Waals surface area contributed by atoms with Gasteiger partial charge in [0.05, 0.1) is 12.7 Å². The van der Waals surface area contributed by atoms with Crippen molar-refractivity contribution in [1.29, 1.82) is 0 Å². The molecule has 0 aromatic heterocycles. The highest BCUT2D eigenvalue weighted by molar-refractivity contribution is 9.10. The number of hydrogen-bond donors (Lipinski definition) is 1. The zero-order chi connectivity index (χ0) is 13.5. The van der Waals surface area contributed by atoms with Crippen LogP contribution in [0.3, 0.4) is 0 Å². The summed E-state index contributed by atoms with van der Waals surface area (Å²) in [5.41, 5.74) is 0.683. The number of rotatable bonds is 4. The molecule has 3 rings (SSSR count). The van der Waals surface area contributed by atoms with Crippen molar-refractivity contribution in [1.82, 2.24) is 0 Å². The first-order valence-corrected chi connectivity index (χ1v) is 7.60. The van der Waals surface area contributed by atoms with Gasteiger partial charge in [-0.1, -0.05) is 15.9 Å². The van der Waals surface area contributed by atoms with Crippen LogP contribution in [0.15, 0.2) is 22.7 Å². The first-order chi connectivity index (χ1) is 9.14. The molecule has 1 N–H and O–H groups in total. The van der Waals surface area contributed by atoms with Gasteiger partial charge in [-0.15, -0.1) is 0 Å². The third-order valence-electron chi connectivity index (χ3n) is 4.42. The lowest BCUT2D eigenvalue weighted by Gasteiger charge is -2.33. The second kappa shape index (κ2) is 5.15. The molecule has 1 heterocycles. The Bertz CT molecular complexity index is 475. The molecule has 2 aliphatic rings. The number of halogens is 2. The van der Waals surface area contributed by atoms with E-state index in [1.54, 1.807) is 12.1 Å². The quantitative estimate of drug-likeness (QED) is 0.918. The van der Waals surface area contributed by atoms with Crippen molar-refractivity contribution in [3.05, 3.63) is 34.1 Å². The van der Waals surface area contributed by atoms with Gasteiger partial charge in [0.25, 0.3) is 0 Å². The molecule has 2 atom stereocenters. The molecule has 0 radical (unpaired) electrons. The number of benzene rings is 1. The molecule has 1 aliphatic carbocycles. The maximum absolute atomic E-state index is 13.4. The van der Waals surface area contributed by atoms with Crippen LogP contribution >= 0.6 is 15.9 Å². The maximum Gasteiger partial charge on any atom is 0.123 e. The van der Waals surface area contributed by atoms with Crippen molar-refractivity contribution in [3.8, 4) is 0 Å². The van der Waals surface area contributed by atoms with Gasteiger partial charge in [-0.25, -0.2) is 4.39 Å². The lowest BCUT2D eigenvalue weighted by molar-refractivity contribution is 0.000476. The highest BCUT2D eigenvalue weighted by atomic mass is 79.9. The number of aliphatic hydroxyl groups excluding tert-OH is 1. The fourth-order valence-corrected chi connectivity index (χ4v) is 3.60. The molecule has 2 unspecified atom stereocenters. The average molecular weight is 329 g/mol. The summed E-state index contributed by atoms with van der Waals surface area (Å²) in [4.78, 5) is 0. The van der Waals surface area contributed by atoms with Gasteiger partial charge in [0.15, 0.2) is 0 Å². The smallest absolute Gasteiger partial charge is 0.123 e. The predicted octanol–water partition coefficient (Wildman–Crippen LogP) is 3.31. The zero-order valence-electron chi connectivity index (χ0n) is 10.7. The summed E-state index contributed by atoms with van der Waals surface area (Å²) < 4.78 is 20.2. The van der Waals surface area contributed by atoms with E-state index in [2.05, 4.69) is 15.9 Å². The van der Waals surface area contributed by atoms with E-state index in [1.807, 2.05) is 0 Å². The first kappa shape index (κ1) is 13.5. The molecule has 1 aromatic carbocycles. The van der Waals surface area contributed by atoms with Crippen molar-refractivity contribution < 1.29 is 14.2 Å². The summed E-state index contributed by atoms with van der Waals surface area (Å²) in [5.74, 6) is 0.357. The van der Waals surface area contributed by atoms with Crippen LogP contribution in [0.5, 0.6) is 0 Å². The lowest BCUT2D eigenvalue weighted by Crippen LogP contribution is -2.38. The van der Waals surface area contributed by atoms with E-state index in [0.717, 1.165) is 16.5 Å². The minimum Gasteiger partial charge on any atom is -0.396 e. The van der Waals surface area contributed by atoms with Gasteiger partial charge < -0.3 is 9.84 Å². The van der Waals surface area contributed by atoms with E-state index in [4.69, 9.17) is 4.74 Å². The third kappa shape index (κ3) is 2.58. The van der Waals surface area contributed by atoms with E-state index >= 15 is 0 Å². The van der Waals surface area contributed by atoms with Crippen LogP contribution in [0.2, 0.25) is 0 Å². The van der Waals surface area contributed by atoms with Crippen molar-refractivity contribution in [2.24, 2.45) is 11.3 Å². The molecule has 1 saturated carbocycles. The third-order valence-corrected chi connectivity index (χ3v) is 5.19. The van der Waals surface area contributed by atoms with Crippen LogP contribution in [0.25, 0.3) is 0 Å². The van der Waals surface area contributed by atoms with Crippen LogP contribution < -0.4 is 0 Å². The molecule has 19 heavy (non-hydrogen) atoms. The summed E-state index contributed by atoms with van der Waals surface area (Å²) in [5, 5.41) is 9.90. The normalized spacial score (nSPS) is 30.8. The number of aliphatic hydroxyl groups is 1. The van der Waals surface area contributed by atoms with Gasteiger partial charge in [0.2, 0.25) is 0 Å². The largest absolute Gasteiger partial charge is 0.396 e. The summed E-state index contributed by atoms with van der Waals surface area (Å²) in [6, 6.07) is 4.74. The summed E-state index contributed by atoms with van der Waals surface area (Å²) in [6.07, 6.45) is 4.04. The Hall–Kier alpha value is -0.450. The van der Waals surface area contributed by atoms with E-state index < -0.39 is 0 Å². The second-order valence-corrected chi connectivity index (χ2v) is 6.67. The Morgan fingerprint density at radius 2 is 2.21 bits per heavy atom. The van der Waals surface area contributed by atoms with Crippen LogP contribution in [-0.2, 0) is 11.2 Å². The van der Waals surface area contributed by atoms with Gasteiger partial charge in [-0.2, -0.15) is 0 Å². The van der Waals surface area contributed by atoms with Crippen molar-refractivity contribution in [2.45, 2.75) is 31.8 Å². The fraction of sp³-hybridized carbons (Fsp3) is 0.600. The molecule has 1 aliphatic heterocycles. The predicted molar refractivity (Wildman–Crippen MR) is 74.4 cm³/mol. The van der Waals surface area contributed by atoms with Crippen LogP contribution in [0.4, 0.5) is 4.39 Å². The highest BCUT2D eigenvalue weighted by Gasteiger charge is 2.50. The number of ether oxygens (including phenoxy) is 1. The van der Waals surface area contributed by atoms with E-state index in [1.165, 1.54) is 18.9 Å². The summed E-state index contributed by atoms with van der Waals surface area (Å²) in [6.45, 7) is 0.811. The van der Waals surface area contributed by atoms with Crippen molar-refractivity contribution >= 4 is 15.9 Å². The molecular weight excluding hydrogens is 311 g/mol. The summed E-state index contributed by atoms with van der Waals surface area (Å²) >= 11 is 3.47. The Morgan fingerprint density at radius 3 is 2.89 bits per heavy atom. The van der Waals surface area contributed by atoms with Gasteiger partial charge >= 0.3 is 0 Å². The Labute approximate surface area is 121 Å². The highest BCUT2D eigenvalue weighted by Crippen LogP contribution is 2.49. The van der Waals surface area contributed by atoms with E-state index in [0.29, 0.717) is 18.9 Å². The van der Waals surface area contributed by atoms with Crippen molar-refractivity contribution in [2.75, 3.05) is 13.2 Å². The average Bonchev–Trinajstić information content (AvgIpc) is 3.16. The topological polar surface area (TPSA) is 29.5 Å². The van der Waals surface area contributed by atoms with Crippen LogP contribution in [0, 0.1) is 17.2 Å². The Morgan fingerprint density at radius 1 is 1.42 bits per heavy atom. The molecule has 0 spiro atoms. The zero-order valence-corrected chi connectivity index (χ0v) is 12.3. The molecule has 0 bridgehead atoms. The molecule has 2 nitrogen and oxygen atoms in total. The van der Waals surface area contributed by atoms with Gasteiger partial charge in [0, 0.05) is 16.5 Å². The molecule has 4 heteroatoms. The van der Waals surface area contributed by atoms with Crippen molar-refractivity contribution in [3.63, 3.8) is 0 Å². The molecule has 0 amide bonds. The Kier molecular flexibility index (Phi) is 3.67. The lowest BCUT2D eigenvalue weighted by atomic mass is 9.75. The second-order valence-electron chi connectivity index (χ2n) is 5.81. The molecular formula is C15H18BrFO2. The molecule has 104 valence electrons. The standard InChI is InChI=1S/C15H18BrFO2/c16-13-4-3-12(17)7-11(13)8-15(9-18)5-6-19-14(15)10-1-2-10/h3-4,7,10,14,18H,1-2,5-6,8-9H2. The van der Waals surface area contributed by atoms with Crippen LogP contribution in [-0.4, -0.2) is 24.4 Å². The summed E-state index contributed by atoms with van der Waals surface area (Å²) in [7, 11) is 0. The van der Waals surface area contributed by atoms with Gasteiger partial charge in [0.1, 0.15) is 5.82 Å². The molecule has 1 aromatic rings. The molecule has 2 fully saturated rings. The number of hydrogen-bond acceptors (Lipinski definition) is 2. The monoisotopic (exact) mass is 328 g/mol. The Balaban J connectivity index is 1.87. The van der Waals surface area contributed by atoms with Gasteiger partial charge in [-0.3, -0.25) is 0 Å².